The Kier molecular flexibility index (Phi) is 11.0. The fraction of sp³-hybridized carbons (Fsp3) is 0.226. The fourth-order valence-electron chi connectivity index (χ4n) is 9.72. The number of hydrogen-bond donors (Lipinski definition) is 0. The van der Waals surface area contributed by atoms with Crippen LogP contribution >= 0.6 is 0 Å². The summed E-state index contributed by atoms with van der Waals surface area (Å²) in [6.45, 7) is 17.9. The largest absolute Gasteiger partial charge is 0.500 e. The Labute approximate surface area is 415 Å². The smallest absolute Gasteiger partial charge is 0.125 e. The third kappa shape index (κ3) is 8.38. The van der Waals surface area contributed by atoms with Gasteiger partial charge in [0.1, 0.15) is 5.58 Å². The molecular formula is C62H57IrN3O-2. The van der Waals surface area contributed by atoms with Gasteiger partial charge in [-0.1, -0.05) is 170 Å². The second-order valence-corrected chi connectivity index (χ2v) is 19.4. The number of nitrogens with zero attached hydrogens (tertiary/aromatic N) is 3. The number of pyridine rings is 1. The van der Waals surface area contributed by atoms with Crippen molar-refractivity contribution in [1.82, 2.24) is 14.5 Å². The van der Waals surface area contributed by atoms with E-state index in [4.69, 9.17) is 19.9 Å². The summed E-state index contributed by atoms with van der Waals surface area (Å²) in [4.78, 5) is 9.64. The standard InChI is InChI=1S/C37H32NO.C25H25N2.Ir/c1-36(2,3)22-23-13-15-24(16-14-23)25-19-20-38-32(21-25)30-11-8-10-28-29-18-17-27-26-9-6-7-12-31(26)37(4,5)33(27)35(29)39-34(28)30;1-17(2)20-13-10-14-21(18(3)4)24(20)27-23-16-9-8-15-22(23)26-25(27)19-11-6-5-7-12-19;/h6-10,12-21H,22H2,1-5H3;5-11,13-18H,1-4H3;/q2*-1;/i22D2;17D,18D;. The SMILES string of the molecule is [2H]C(C)(C)c1cccc(C([2H])(C)C)c1-n1c(-c2[c-]cccc2)nc2ccccc21.[2H]C([2H])(c1ccc(-c2ccnc(-c3[c-]ccc4c3oc3c5c(ccc34)-c3ccccc3C5(C)C)c2)cc1)C(C)(C)C.[Ir]. The Morgan fingerprint density at radius 3 is 2.12 bits per heavy atom. The molecule has 0 N–H and O–H groups in total. The van der Waals surface area contributed by atoms with Gasteiger partial charge < -0.3 is 14.0 Å². The van der Waals surface area contributed by atoms with Gasteiger partial charge in [0.05, 0.1) is 22.4 Å². The van der Waals surface area contributed by atoms with Gasteiger partial charge in [0.2, 0.25) is 0 Å². The summed E-state index contributed by atoms with van der Waals surface area (Å²) in [7, 11) is 0. The molecule has 11 rings (SSSR count). The number of benzene rings is 7. The van der Waals surface area contributed by atoms with Gasteiger partial charge in [-0.05, 0) is 92.0 Å². The van der Waals surface area contributed by atoms with Crippen LogP contribution in [-0.2, 0) is 31.9 Å². The van der Waals surface area contributed by atoms with Crippen molar-refractivity contribution in [2.24, 2.45) is 5.41 Å². The Bertz CT molecular complexity index is 3580. The minimum Gasteiger partial charge on any atom is -0.500 e. The first-order chi connectivity index (χ1) is 33.2. The number of aromatic nitrogens is 3. The number of fused-ring (bicyclic) bond motifs is 8. The van der Waals surface area contributed by atoms with Crippen LogP contribution in [0.1, 0.15) is 107 Å². The van der Waals surface area contributed by atoms with Gasteiger partial charge in [0, 0.05) is 53.8 Å². The molecule has 0 unspecified atom stereocenters. The number of furan rings is 1. The number of imidazole rings is 1. The van der Waals surface area contributed by atoms with Crippen LogP contribution in [0.3, 0.4) is 0 Å². The first kappa shape index (κ1) is 40.8. The molecule has 3 aromatic heterocycles. The maximum atomic E-state index is 8.80. The Morgan fingerprint density at radius 1 is 0.701 bits per heavy atom. The zero-order valence-electron chi connectivity index (χ0n) is 43.6. The van der Waals surface area contributed by atoms with Crippen LogP contribution in [0.15, 0.2) is 162 Å². The molecule has 67 heavy (non-hydrogen) atoms. The molecule has 3 heterocycles. The molecule has 0 spiro atoms. The minimum atomic E-state index is -1.43. The summed E-state index contributed by atoms with van der Waals surface area (Å²) >= 11 is 0. The molecule has 0 bridgehead atoms. The van der Waals surface area contributed by atoms with Crippen LogP contribution in [0.2, 0.25) is 0 Å². The average Bonchev–Trinajstić information content (AvgIpc) is 3.99. The van der Waals surface area contributed by atoms with Gasteiger partial charge in [-0.2, -0.15) is 0 Å². The Balaban J connectivity index is 0.000000184. The molecule has 5 heteroatoms. The van der Waals surface area contributed by atoms with Crippen LogP contribution in [0.4, 0.5) is 0 Å². The molecule has 1 aliphatic carbocycles. The molecule has 4 nitrogen and oxygen atoms in total. The van der Waals surface area contributed by atoms with E-state index in [0.717, 1.165) is 83.6 Å². The Hall–Kier alpha value is -6.39. The second-order valence-electron chi connectivity index (χ2n) is 19.4. The third-order valence-electron chi connectivity index (χ3n) is 12.7. The predicted octanol–water partition coefficient (Wildman–Crippen LogP) is 16.7. The van der Waals surface area contributed by atoms with Crippen molar-refractivity contribution >= 4 is 33.0 Å². The van der Waals surface area contributed by atoms with Crippen molar-refractivity contribution in [3.63, 3.8) is 0 Å². The van der Waals surface area contributed by atoms with Crippen molar-refractivity contribution in [1.29, 1.82) is 0 Å². The van der Waals surface area contributed by atoms with E-state index in [1.807, 2.05) is 158 Å². The quantitative estimate of drug-likeness (QED) is 0.149. The third-order valence-corrected chi connectivity index (χ3v) is 12.7. The van der Waals surface area contributed by atoms with Gasteiger partial charge in [0.15, 0.2) is 0 Å². The van der Waals surface area contributed by atoms with E-state index < -0.39 is 23.6 Å². The first-order valence-corrected chi connectivity index (χ1v) is 22.8. The normalized spacial score (nSPS) is 14.3. The minimum absolute atomic E-state index is 0. The summed E-state index contributed by atoms with van der Waals surface area (Å²) < 4.78 is 43.7. The van der Waals surface area contributed by atoms with E-state index in [2.05, 4.69) is 79.1 Å². The summed E-state index contributed by atoms with van der Waals surface area (Å²) in [5, 5.41) is 2.17. The monoisotopic (exact) mass is 1060 g/mol. The Morgan fingerprint density at radius 2 is 1.40 bits per heavy atom. The number of rotatable bonds is 7. The fourth-order valence-corrected chi connectivity index (χ4v) is 9.72. The van der Waals surface area contributed by atoms with E-state index in [-0.39, 0.29) is 25.5 Å². The first-order valence-electron chi connectivity index (χ1n) is 24.8. The van der Waals surface area contributed by atoms with Crippen LogP contribution < -0.4 is 0 Å². The summed E-state index contributed by atoms with van der Waals surface area (Å²) in [6.07, 6.45) is 0.386. The van der Waals surface area contributed by atoms with Crippen LogP contribution in [0, 0.1) is 17.5 Å². The van der Waals surface area contributed by atoms with E-state index in [1.165, 1.54) is 22.3 Å². The zero-order valence-corrected chi connectivity index (χ0v) is 42.0. The van der Waals surface area contributed by atoms with Crippen LogP contribution in [-0.4, -0.2) is 14.5 Å². The zero-order chi connectivity index (χ0) is 49.5. The van der Waals surface area contributed by atoms with E-state index >= 15 is 0 Å². The molecular weight excluding hydrogens is 995 g/mol. The van der Waals surface area contributed by atoms with Gasteiger partial charge in [-0.25, -0.2) is 0 Å². The van der Waals surface area contributed by atoms with Gasteiger partial charge in [-0.15, -0.1) is 54.1 Å². The number of para-hydroxylation sites is 3. The average molecular weight is 1060 g/mol. The van der Waals surface area contributed by atoms with Crippen molar-refractivity contribution in [3.05, 3.63) is 198 Å². The van der Waals surface area contributed by atoms with E-state index in [1.54, 1.807) is 0 Å². The summed E-state index contributed by atoms with van der Waals surface area (Å²) in [5.41, 5.74) is 15.8. The molecule has 0 atom stereocenters. The van der Waals surface area contributed by atoms with E-state index in [0.29, 0.717) is 5.56 Å². The molecule has 10 aromatic rings. The molecule has 0 fully saturated rings. The second kappa shape index (κ2) is 18.0. The van der Waals surface area contributed by atoms with Crippen molar-refractivity contribution < 1.29 is 30.0 Å². The van der Waals surface area contributed by atoms with Gasteiger partial charge in [0.25, 0.3) is 0 Å². The summed E-state index contributed by atoms with van der Waals surface area (Å²) in [6, 6.07) is 57.4. The molecule has 337 valence electrons. The molecule has 0 amide bonds. The maximum absolute atomic E-state index is 8.80. The molecule has 0 aliphatic heterocycles. The van der Waals surface area contributed by atoms with Crippen LogP contribution in [0.5, 0.6) is 0 Å². The molecule has 1 radical (unpaired) electrons. The van der Waals surface area contributed by atoms with Crippen molar-refractivity contribution in [2.45, 2.75) is 85.9 Å². The van der Waals surface area contributed by atoms with Crippen molar-refractivity contribution in [2.75, 3.05) is 0 Å². The van der Waals surface area contributed by atoms with E-state index in [9.17, 15) is 0 Å². The predicted molar refractivity (Wildman–Crippen MR) is 275 cm³/mol. The van der Waals surface area contributed by atoms with Crippen LogP contribution in [0.25, 0.3) is 83.6 Å². The number of hydrogen-bond acceptors (Lipinski definition) is 3. The summed E-state index contributed by atoms with van der Waals surface area (Å²) in [5.74, 6) is -0.895. The molecule has 0 saturated carbocycles. The topological polar surface area (TPSA) is 43.9 Å². The molecule has 7 aromatic carbocycles. The maximum Gasteiger partial charge on any atom is 0.125 e. The van der Waals surface area contributed by atoms with Crippen molar-refractivity contribution in [3.8, 4) is 50.6 Å². The van der Waals surface area contributed by atoms with Gasteiger partial charge >= 0.3 is 0 Å². The molecule has 1 aliphatic rings. The van der Waals surface area contributed by atoms with Gasteiger partial charge in [-0.3, -0.25) is 4.98 Å². The molecule has 0 saturated heterocycles.